The SMILES string of the molecule is COC(=O)CC1CCN(c2cccc3ncc(C#Cc4cnn(C)c4)n23)CC1. The molecule has 4 heterocycles. The van der Waals surface area contributed by atoms with Crippen molar-refractivity contribution in [2.24, 2.45) is 13.0 Å². The lowest BCUT2D eigenvalue weighted by molar-refractivity contribution is -0.141. The van der Waals surface area contributed by atoms with E-state index in [0.717, 1.165) is 48.7 Å². The minimum atomic E-state index is -0.122. The van der Waals surface area contributed by atoms with Gasteiger partial charge in [-0.25, -0.2) is 4.98 Å². The second-order valence-electron chi connectivity index (χ2n) is 7.08. The van der Waals surface area contributed by atoms with Crippen LogP contribution in [0, 0.1) is 17.8 Å². The van der Waals surface area contributed by atoms with Crippen molar-refractivity contribution in [3.63, 3.8) is 0 Å². The van der Waals surface area contributed by atoms with Gasteiger partial charge in [0.05, 0.1) is 25.1 Å². The summed E-state index contributed by atoms with van der Waals surface area (Å²) in [6.45, 7) is 1.79. The summed E-state index contributed by atoms with van der Waals surface area (Å²) in [5.41, 5.74) is 2.61. The van der Waals surface area contributed by atoms with Gasteiger partial charge < -0.3 is 9.64 Å². The van der Waals surface area contributed by atoms with Crippen LogP contribution in [0.25, 0.3) is 5.65 Å². The van der Waals surface area contributed by atoms with Gasteiger partial charge in [-0.3, -0.25) is 13.9 Å². The molecule has 0 unspecified atom stereocenters. The fourth-order valence-corrected chi connectivity index (χ4v) is 3.66. The average molecular weight is 377 g/mol. The van der Waals surface area contributed by atoms with Crippen molar-refractivity contribution in [1.29, 1.82) is 0 Å². The number of carbonyl (C=O) groups is 1. The van der Waals surface area contributed by atoms with Crippen LogP contribution in [-0.4, -0.2) is 45.3 Å². The molecule has 0 radical (unpaired) electrons. The molecular weight excluding hydrogens is 354 g/mol. The van der Waals surface area contributed by atoms with Crippen LogP contribution in [0.15, 0.2) is 36.8 Å². The lowest BCUT2D eigenvalue weighted by atomic mass is 9.93. The molecule has 0 amide bonds. The molecule has 1 aliphatic rings. The zero-order chi connectivity index (χ0) is 19.5. The Hall–Kier alpha value is -3.27. The Morgan fingerprint density at radius 3 is 2.79 bits per heavy atom. The predicted molar refractivity (Wildman–Crippen MR) is 106 cm³/mol. The van der Waals surface area contributed by atoms with Crippen LogP contribution in [0.5, 0.6) is 0 Å². The third-order valence-corrected chi connectivity index (χ3v) is 5.17. The number of esters is 1. The molecule has 1 saturated heterocycles. The topological polar surface area (TPSA) is 64.7 Å². The number of piperidine rings is 1. The number of hydrogen-bond acceptors (Lipinski definition) is 5. The molecular formula is C21H23N5O2. The number of ether oxygens (including phenoxy) is 1. The number of methoxy groups -OCH3 is 1. The fraction of sp³-hybridized carbons (Fsp3) is 0.381. The van der Waals surface area contributed by atoms with E-state index in [1.807, 2.05) is 31.6 Å². The molecule has 0 aliphatic carbocycles. The van der Waals surface area contributed by atoms with Gasteiger partial charge in [0.25, 0.3) is 0 Å². The lowest BCUT2D eigenvalue weighted by Crippen LogP contribution is -2.35. The number of anilines is 1. The van der Waals surface area contributed by atoms with Crippen LogP contribution < -0.4 is 4.90 Å². The minimum absolute atomic E-state index is 0.122. The van der Waals surface area contributed by atoms with Gasteiger partial charge in [0.1, 0.15) is 17.2 Å². The van der Waals surface area contributed by atoms with E-state index in [4.69, 9.17) is 4.74 Å². The first-order valence-corrected chi connectivity index (χ1v) is 9.43. The standard InChI is InChI=1S/C21H23N5O2/c1-24-15-17(13-23-24)6-7-18-14-22-19-4-3-5-20(26(18)19)25-10-8-16(9-11-25)12-21(27)28-2/h3-5,13-16H,8-12H2,1-2H3. The first kappa shape index (κ1) is 18.1. The van der Waals surface area contributed by atoms with Gasteiger partial charge in [-0.2, -0.15) is 5.10 Å². The van der Waals surface area contributed by atoms with Crippen molar-refractivity contribution in [3.8, 4) is 11.8 Å². The molecule has 7 nitrogen and oxygen atoms in total. The second-order valence-corrected chi connectivity index (χ2v) is 7.08. The summed E-state index contributed by atoms with van der Waals surface area (Å²) in [6.07, 6.45) is 7.90. The molecule has 0 spiro atoms. The summed E-state index contributed by atoms with van der Waals surface area (Å²) >= 11 is 0. The molecule has 4 rings (SSSR count). The Kier molecular flexibility index (Phi) is 5.02. The molecule has 7 heteroatoms. The molecule has 0 aromatic carbocycles. The monoisotopic (exact) mass is 377 g/mol. The fourth-order valence-electron chi connectivity index (χ4n) is 3.66. The number of rotatable bonds is 3. The van der Waals surface area contributed by atoms with Crippen LogP contribution in [0.2, 0.25) is 0 Å². The van der Waals surface area contributed by atoms with Crippen LogP contribution in [0.3, 0.4) is 0 Å². The third kappa shape index (κ3) is 3.72. The lowest BCUT2D eigenvalue weighted by Gasteiger charge is -2.33. The Morgan fingerprint density at radius 2 is 2.07 bits per heavy atom. The molecule has 0 saturated carbocycles. The molecule has 0 bridgehead atoms. The van der Waals surface area contributed by atoms with Crippen LogP contribution in [-0.2, 0) is 16.6 Å². The Morgan fingerprint density at radius 1 is 1.25 bits per heavy atom. The molecule has 28 heavy (non-hydrogen) atoms. The summed E-state index contributed by atoms with van der Waals surface area (Å²) in [5, 5.41) is 4.15. The summed E-state index contributed by atoms with van der Waals surface area (Å²) < 4.78 is 8.65. The van der Waals surface area contributed by atoms with Gasteiger partial charge in [-0.15, -0.1) is 0 Å². The zero-order valence-electron chi connectivity index (χ0n) is 16.1. The van der Waals surface area contributed by atoms with Crippen LogP contribution in [0.1, 0.15) is 30.5 Å². The maximum absolute atomic E-state index is 11.5. The van der Waals surface area contributed by atoms with Gasteiger partial charge >= 0.3 is 5.97 Å². The highest BCUT2D eigenvalue weighted by Crippen LogP contribution is 2.27. The molecule has 0 atom stereocenters. The summed E-state index contributed by atoms with van der Waals surface area (Å²) in [4.78, 5) is 18.4. The van der Waals surface area contributed by atoms with E-state index in [-0.39, 0.29) is 5.97 Å². The normalized spacial score (nSPS) is 14.7. The van der Waals surface area contributed by atoms with E-state index >= 15 is 0 Å². The van der Waals surface area contributed by atoms with E-state index in [2.05, 4.69) is 37.3 Å². The number of fused-ring (bicyclic) bond motifs is 1. The third-order valence-electron chi connectivity index (χ3n) is 5.17. The zero-order valence-corrected chi connectivity index (χ0v) is 16.1. The van der Waals surface area contributed by atoms with Gasteiger partial charge in [-0.1, -0.05) is 12.0 Å². The van der Waals surface area contributed by atoms with Crippen molar-refractivity contribution in [3.05, 3.63) is 48.0 Å². The Labute approximate surface area is 163 Å². The van der Waals surface area contributed by atoms with Crippen molar-refractivity contribution in [1.82, 2.24) is 19.2 Å². The van der Waals surface area contributed by atoms with Crippen molar-refractivity contribution in [2.45, 2.75) is 19.3 Å². The van der Waals surface area contributed by atoms with E-state index in [9.17, 15) is 4.79 Å². The van der Waals surface area contributed by atoms with Crippen molar-refractivity contribution >= 4 is 17.4 Å². The first-order chi connectivity index (χ1) is 13.6. The van der Waals surface area contributed by atoms with Crippen molar-refractivity contribution in [2.75, 3.05) is 25.1 Å². The minimum Gasteiger partial charge on any atom is -0.469 e. The Balaban J connectivity index is 1.58. The molecule has 3 aromatic rings. The maximum atomic E-state index is 11.5. The van der Waals surface area contributed by atoms with E-state index in [1.54, 1.807) is 10.9 Å². The number of imidazole rings is 1. The molecule has 144 valence electrons. The highest BCUT2D eigenvalue weighted by molar-refractivity contribution is 5.69. The van der Waals surface area contributed by atoms with Gasteiger partial charge in [0.15, 0.2) is 0 Å². The molecule has 1 aliphatic heterocycles. The quantitative estimate of drug-likeness (QED) is 0.517. The molecule has 0 N–H and O–H groups in total. The van der Waals surface area contributed by atoms with E-state index in [1.165, 1.54) is 7.11 Å². The number of carbonyl (C=O) groups excluding carboxylic acids is 1. The van der Waals surface area contributed by atoms with Gasteiger partial charge in [-0.05, 0) is 36.8 Å². The Bertz CT molecular complexity index is 1050. The highest BCUT2D eigenvalue weighted by atomic mass is 16.5. The van der Waals surface area contributed by atoms with E-state index in [0.29, 0.717) is 12.3 Å². The smallest absolute Gasteiger partial charge is 0.305 e. The predicted octanol–water partition coefficient (Wildman–Crippen LogP) is 2.25. The highest BCUT2D eigenvalue weighted by Gasteiger charge is 2.23. The number of pyridine rings is 1. The summed E-state index contributed by atoms with van der Waals surface area (Å²) in [5.74, 6) is 7.74. The van der Waals surface area contributed by atoms with Gasteiger partial charge in [0, 0.05) is 32.8 Å². The second kappa shape index (κ2) is 7.77. The first-order valence-electron chi connectivity index (χ1n) is 9.43. The van der Waals surface area contributed by atoms with Crippen LogP contribution >= 0.6 is 0 Å². The average Bonchev–Trinajstić information content (AvgIpc) is 3.32. The number of hydrogen-bond donors (Lipinski definition) is 0. The number of aryl methyl sites for hydroxylation is 1. The summed E-state index contributed by atoms with van der Waals surface area (Å²) in [6, 6.07) is 6.11. The maximum Gasteiger partial charge on any atom is 0.305 e. The number of aromatic nitrogens is 4. The largest absolute Gasteiger partial charge is 0.469 e. The molecule has 1 fully saturated rings. The van der Waals surface area contributed by atoms with E-state index < -0.39 is 0 Å². The van der Waals surface area contributed by atoms with Gasteiger partial charge in [0.2, 0.25) is 0 Å². The molecule has 3 aromatic heterocycles. The van der Waals surface area contributed by atoms with Crippen LogP contribution in [0.4, 0.5) is 5.82 Å². The van der Waals surface area contributed by atoms with Crippen molar-refractivity contribution < 1.29 is 9.53 Å². The number of nitrogens with zero attached hydrogens (tertiary/aromatic N) is 5. The summed E-state index contributed by atoms with van der Waals surface area (Å²) in [7, 11) is 3.33.